The van der Waals surface area contributed by atoms with E-state index >= 15 is 0 Å². The van der Waals surface area contributed by atoms with E-state index in [4.69, 9.17) is 4.74 Å². The van der Waals surface area contributed by atoms with Crippen LogP contribution in [0.2, 0.25) is 0 Å². The summed E-state index contributed by atoms with van der Waals surface area (Å²) in [7, 11) is 1.79. The Bertz CT molecular complexity index is 678. The Morgan fingerprint density at radius 3 is 2.72 bits per heavy atom. The van der Waals surface area contributed by atoms with E-state index in [1.165, 1.54) is 17.7 Å². The number of nitrogens with one attached hydrogen (secondary N) is 1. The Morgan fingerprint density at radius 2 is 2.08 bits per heavy atom. The molecule has 25 heavy (non-hydrogen) atoms. The first-order valence-electron chi connectivity index (χ1n) is 8.03. The zero-order valence-corrected chi connectivity index (χ0v) is 17.5. The second-order valence-electron chi connectivity index (χ2n) is 5.92. The van der Waals surface area contributed by atoms with E-state index < -0.39 is 0 Å². The molecule has 2 unspecified atom stereocenters. The molecule has 1 aromatic heterocycles. The van der Waals surface area contributed by atoms with Gasteiger partial charge in [-0.3, -0.25) is 4.99 Å². The Kier molecular flexibility index (Phi) is 7.64. The number of hydrogen-bond donors (Lipinski definition) is 1. The monoisotopic (exact) mass is 475 g/mol. The Balaban J connectivity index is 0.00000225. The molecule has 1 aromatic carbocycles. The van der Waals surface area contributed by atoms with Crippen LogP contribution >= 0.6 is 35.3 Å². The molecule has 2 atom stereocenters. The third kappa shape index (κ3) is 5.39. The number of morpholine rings is 1. The normalized spacial score (nSPS) is 20.9. The zero-order valence-electron chi connectivity index (χ0n) is 14.3. The van der Waals surface area contributed by atoms with Gasteiger partial charge in [-0.2, -0.15) is 11.3 Å². The summed E-state index contributed by atoms with van der Waals surface area (Å²) >= 11 is 1.69. The van der Waals surface area contributed by atoms with Crippen LogP contribution in [0, 0.1) is 5.82 Å². The quantitative estimate of drug-likeness (QED) is 0.414. The fourth-order valence-electron chi connectivity index (χ4n) is 2.89. The number of aliphatic imine (C=N–C) groups is 1. The van der Waals surface area contributed by atoms with Gasteiger partial charge in [0.15, 0.2) is 5.96 Å². The Hall–Kier alpha value is -1.19. The van der Waals surface area contributed by atoms with Crippen molar-refractivity contribution in [1.29, 1.82) is 0 Å². The average Bonchev–Trinajstić information content (AvgIpc) is 3.09. The van der Waals surface area contributed by atoms with Crippen LogP contribution in [-0.4, -0.2) is 37.1 Å². The molecule has 0 radical (unpaired) electrons. The maximum Gasteiger partial charge on any atom is 0.194 e. The summed E-state index contributed by atoms with van der Waals surface area (Å²) in [5.74, 6) is 0.635. The third-order valence-corrected chi connectivity index (χ3v) is 4.78. The largest absolute Gasteiger partial charge is 0.367 e. The van der Waals surface area contributed by atoms with Crippen LogP contribution in [0.1, 0.15) is 24.2 Å². The number of ether oxygens (including phenoxy) is 1. The topological polar surface area (TPSA) is 36.9 Å². The van der Waals surface area contributed by atoms with Crippen molar-refractivity contribution in [1.82, 2.24) is 10.2 Å². The first-order chi connectivity index (χ1) is 11.7. The van der Waals surface area contributed by atoms with Gasteiger partial charge in [0.25, 0.3) is 0 Å². The van der Waals surface area contributed by atoms with Crippen LogP contribution in [0.3, 0.4) is 0 Å². The molecule has 3 rings (SSSR count). The number of hydrogen-bond acceptors (Lipinski definition) is 3. The van der Waals surface area contributed by atoms with E-state index in [1.807, 2.05) is 0 Å². The third-order valence-electron chi connectivity index (χ3n) is 4.04. The Morgan fingerprint density at radius 1 is 1.32 bits per heavy atom. The van der Waals surface area contributed by atoms with E-state index in [0.717, 1.165) is 24.6 Å². The average molecular weight is 475 g/mol. The van der Waals surface area contributed by atoms with Crippen LogP contribution in [0.15, 0.2) is 46.1 Å². The van der Waals surface area contributed by atoms with E-state index in [1.54, 1.807) is 30.5 Å². The molecule has 1 saturated heterocycles. The summed E-state index contributed by atoms with van der Waals surface area (Å²) in [6, 6.07) is 8.64. The molecule has 1 N–H and O–H groups in total. The fourth-order valence-corrected chi connectivity index (χ4v) is 3.56. The van der Waals surface area contributed by atoms with Gasteiger partial charge >= 0.3 is 0 Å². The van der Waals surface area contributed by atoms with Crippen LogP contribution in [0.4, 0.5) is 4.39 Å². The van der Waals surface area contributed by atoms with E-state index in [9.17, 15) is 4.39 Å². The molecule has 0 bridgehead atoms. The molecule has 1 aliphatic rings. The molecule has 7 heteroatoms. The van der Waals surface area contributed by atoms with Gasteiger partial charge in [0.1, 0.15) is 11.9 Å². The molecule has 0 saturated carbocycles. The van der Waals surface area contributed by atoms with Crippen LogP contribution in [0.25, 0.3) is 0 Å². The molecular formula is C18H23FIN3OS. The predicted molar refractivity (Wildman–Crippen MR) is 111 cm³/mol. The first kappa shape index (κ1) is 20.1. The minimum Gasteiger partial charge on any atom is -0.367 e. The molecule has 0 aliphatic carbocycles. The van der Waals surface area contributed by atoms with Gasteiger partial charge in [-0.15, -0.1) is 24.0 Å². The van der Waals surface area contributed by atoms with Gasteiger partial charge in [-0.1, -0.05) is 12.1 Å². The number of guanidine groups is 1. The molecule has 0 spiro atoms. The Labute approximate surface area is 169 Å². The van der Waals surface area contributed by atoms with Crippen molar-refractivity contribution in [2.45, 2.75) is 25.7 Å². The molecule has 4 nitrogen and oxygen atoms in total. The zero-order chi connectivity index (χ0) is 16.9. The molecule has 136 valence electrons. The first-order valence-corrected chi connectivity index (χ1v) is 8.97. The van der Waals surface area contributed by atoms with Gasteiger partial charge in [0, 0.05) is 20.1 Å². The second kappa shape index (κ2) is 9.49. The molecule has 2 aromatic rings. The van der Waals surface area contributed by atoms with Crippen LogP contribution < -0.4 is 5.32 Å². The highest BCUT2D eigenvalue weighted by Crippen LogP contribution is 2.25. The van der Waals surface area contributed by atoms with Gasteiger partial charge < -0.3 is 15.0 Å². The lowest BCUT2D eigenvalue weighted by atomic mass is 10.1. The number of rotatable bonds is 3. The van der Waals surface area contributed by atoms with Crippen molar-refractivity contribution < 1.29 is 9.13 Å². The predicted octanol–water partition coefficient (Wildman–Crippen LogP) is 4.04. The lowest BCUT2D eigenvalue weighted by Gasteiger charge is -2.38. The van der Waals surface area contributed by atoms with Crippen molar-refractivity contribution >= 4 is 41.3 Å². The molecule has 0 amide bonds. The maximum absolute atomic E-state index is 13.1. The summed E-state index contributed by atoms with van der Waals surface area (Å²) in [4.78, 5) is 6.61. The molecule has 1 aliphatic heterocycles. The summed E-state index contributed by atoms with van der Waals surface area (Å²) in [6.07, 6.45) is -0.0115. The summed E-state index contributed by atoms with van der Waals surface area (Å²) < 4.78 is 19.2. The maximum atomic E-state index is 13.1. The molecule has 2 heterocycles. The summed E-state index contributed by atoms with van der Waals surface area (Å²) in [5.41, 5.74) is 2.23. The summed E-state index contributed by atoms with van der Waals surface area (Å²) in [5, 5.41) is 7.61. The minimum atomic E-state index is -0.229. The van der Waals surface area contributed by atoms with E-state index in [-0.39, 0.29) is 42.0 Å². The molecular weight excluding hydrogens is 452 g/mol. The lowest BCUT2D eigenvalue weighted by Crippen LogP contribution is -2.50. The van der Waals surface area contributed by atoms with Crippen molar-refractivity contribution in [3.05, 3.63) is 58.0 Å². The number of benzene rings is 1. The highest BCUT2D eigenvalue weighted by molar-refractivity contribution is 14.0. The van der Waals surface area contributed by atoms with Gasteiger partial charge in [-0.05, 0) is 47.0 Å². The highest BCUT2D eigenvalue weighted by Gasteiger charge is 2.28. The van der Waals surface area contributed by atoms with Crippen LogP contribution in [0.5, 0.6) is 0 Å². The van der Waals surface area contributed by atoms with Gasteiger partial charge in [0.05, 0.1) is 12.6 Å². The van der Waals surface area contributed by atoms with Crippen molar-refractivity contribution in [2.24, 2.45) is 4.99 Å². The summed E-state index contributed by atoms with van der Waals surface area (Å²) in [6.45, 7) is 4.28. The van der Waals surface area contributed by atoms with Gasteiger partial charge in [-0.25, -0.2) is 4.39 Å². The number of halogens is 2. The number of nitrogens with zero attached hydrogens (tertiary/aromatic N) is 2. The van der Waals surface area contributed by atoms with E-state index in [0.29, 0.717) is 6.54 Å². The van der Waals surface area contributed by atoms with Crippen molar-refractivity contribution in [2.75, 3.05) is 20.1 Å². The SMILES string of the molecule is CN=C(NCc1ccsc1)N1CC(C)OC(c2ccc(F)cc2)C1.I. The van der Waals surface area contributed by atoms with Crippen LogP contribution in [-0.2, 0) is 11.3 Å². The van der Waals surface area contributed by atoms with Crippen molar-refractivity contribution in [3.63, 3.8) is 0 Å². The van der Waals surface area contributed by atoms with Crippen molar-refractivity contribution in [3.8, 4) is 0 Å². The smallest absolute Gasteiger partial charge is 0.194 e. The minimum absolute atomic E-state index is 0. The van der Waals surface area contributed by atoms with Gasteiger partial charge in [0.2, 0.25) is 0 Å². The van der Waals surface area contributed by atoms with E-state index in [2.05, 4.69) is 39.0 Å². The lowest BCUT2D eigenvalue weighted by molar-refractivity contribution is -0.0605. The molecule has 1 fully saturated rings. The highest BCUT2D eigenvalue weighted by atomic mass is 127. The second-order valence-corrected chi connectivity index (χ2v) is 6.70. The number of thiophene rings is 1. The fraction of sp³-hybridized carbons (Fsp3) is 0.389. The standard InChI is InChI=1S/C18H22FN3OS.HI/c1-13-10-22(18(20-2)21-9-14-7-8-24-12-14)11-17(23-13)15-3-5-16(19)6-4-15;/h3-8,12-13,17H,9-11H2,1-2H3,(H,20,21);1H.